The van der Waals surface area contributed by atoms with Crippen molar-refractivity contribution in [3.63, 3.8) is 0 Å². The fourth-order valence-electron chi connectivity index (χ4n) is 1.71. The summed E-state index contributed by atoms with van der Waals surface area (Å²) in [5.74, 6) is 2.33. The van der Waals surface area contributed by atoms with E-state index in [1.807, 2.05) is 37.3 Å². The van der Waals surface area contributed by atoms with Gasteiger partial charge in [-0.1, -0.05) is 12.1 Å². The van der Waals surface area contributed by atoms with Gasteiger partial charge in [-0.05, 0) is 37.7 Å². The Kier molecular flexibility index (Phi) is 5.43. The third-order valence-electron chi connectivity index (χ3n) is 2.68. The highest BCUT2D eigenvalue weighted by Gasteiger charge is 2.04. The van der Waals surface area contributed by atoms with Crippen molar-refractivity contribution >= 4 is 0 Å². The van der Waals surface area contributed by atoms with Gasteiger partial charge in [0.15, 0.2) is 5.76 Å². The van der Waals surface area contributed by atoms with Crippen molar-refractivity contribution in [3.8, 4) is 11.5 Å². The normalized spacial score (nSPS) is 10.5. The molecule has 2 aromatic rings. The molecule has 0 aliphatic carbocycles. The molecule has 0 saturated heterocycles. The molecule has 5 nitrogen and oxygen atoms in total. The molecular weight excluding hydrogens is 256 g/mol. The first kappa shape index (κ1) is 14.4. The van der Waals surface area contributed by atoms with Crippen LogP contribution in [0.1, 0.15) is 25.3 Å². The lowest BCUT2D eigenvalue weighted by atomic mass is 10.3. The molecule has 0 aliphatic heterocycles. The van der Waals surface area contributed by atoms with E-state index in [1.54, 1.807) is 0 Å². The van der Waals surface area contributed by atoms with Crippen molar-refractivity contribution in [3.05, 3.63) is 41.8 Å². The highest BCUT2D eigenvalue weighted by molar-refractivity contribution is 5.31. The molecule has 0 saturated carbocycles. The van der Waals surface area contributed by atoms with E-state index in [1.165, 1.54) is 0 Å². The lowest BCUT2D eigenvalue weighted by Gasteiger charge is -2.05. The molecule has 0 atom stereocenters. The fraction of sp³-hybridized carbons (Fsp3) is 0.400. The number of benzene rings is 1. The maximum atomic E-state index is 5.63. The van der Waals surface area contributed by atoms with Crippen LogP contribution in [0.25, 0.3) is 0 Å². The summed E-state index contributed by atoms with van der Waals surface area (Å²) in [6.45, 7) is 6.66. The SMILES string of the molecule is CCNCc1cc(COc2ccc(OCC)cc2)on1. The van der Waals surface area contributed by atoms with Crippen LogP contribution in [0.15, 0.2) is 34.9 Å². The predicted molar refractivity (Wildman–Crippen MR) is 75.8 cm³/mol. The van der Waals surface area contributed by atoms with Crippen LogP contribution in [0, 0.1) is 0 Å². The van der Waals surface area contributed by atoms with Crippen molar-refractivity contribution in [1.82, 2.24) is 10.5 Å². The zero-order valence-electron chi connectivity index (χ0n) is 11.9. The van der Waals surface area contributed by atoms with Crippen LogP contribution >= 0.6 is 0 Å². The number of nitrogens with zero attached hydrogens (tertiary/aromatic N) is 1. The first-order chi connectivity index (χ1) is 9.81. The molecule has 1 N–H and O–H groups in total. The maximum Gasteiger partial charge on any atom is 0.174 e. The van der Waals surface area contributed by atoms with Gasteiger partial charge < -0.3 is 19.3 Å². The molecule has 20 heavy (non-hydrogen) atoms. The number of hydrogen-bond donors (Lipinski definition) is 1. The zero-order chi connectivity index (χ0) is 14.2. The Hall–Kier alpha value is -2.01. The molecule has 2 rings (SSSR count). The quantitative estimate of drug-likeness (QED) is 0.803. The minimum Gasteiger partial charge on any atom is -0.494 e. The van der Waals surface area contributed by atoms with Gasteiger partial charge in [0, 0.05) is 12.6 Å². The number of hydrogen-bond acceptors (Lipinski definition) is 5. The standard InChI is InChI=1S/C15H20N2O3/c1-3-16-10-12-9-15(20-17-12)11-19-14-7-5-13(6-8-14)18-4-2/h5-9,16H,3-4,10-11H2,1-2H3. The maximum absolute atomic E-state index is 5.63. The van der Waals surface area contributed by atoms with Gasteiger partial charge in [-0.2, -0.15) is 0 Å². The third-order valence-corrected chi connectivity index (χ3v) is 2.68. The Bertz CT molecular complexity index is 508. The van der Waals surface area contributed by atoms with Crippen molar-refractivity contribution in [1.29, 1.82) is 0 Å². The summed E-state index contributed by atoms with van der Waals surface area (Å²) >= 11 is 0. The minimum absolute atomic E-state index is 0.368. The lowest BCUT2D eigenvalue weighted by Crippen LogP contribution is -2.11. The Morgan fingerprint density at radius 1 is 1.10 bits per heavy atom. The predicted octanol–water partition coefficient (Wildman–Crippen LogP) is 2.76. The molecule has 0 spiro atoms. The second-order valence-electron chi connectivity index (χ2n) is 4.26. The van der Waals surface area contributed by atoms with E-state index < -0.39 is 0 Å². The van der Waals surface area contributed by atoms with E-state index >= 15 is 0 Å². The average Bonchev–Trinajstić information content (AvgIpc) is 2.93. The van der Waals surface area contributed by atoms with Crippen LogP contribution < -0.4 is 14.8 Å². The van der Waals surface area contributed by atoms with Crippen molar-refractivity contribution in [2.45, 2.75) is 27.0 Å². The van der Waals surface area contributed by atoms with Crippen LogP contribution in [-0.4, -0.2) is 18.3 Å². The Balaban J connectivity index is 1.83. The monoisotopic (exact) mass is 276 g/mol. The van der Waals surface area contributed by atoms with E-state index in [4.69, 9.17) is 14.0 Å². The molecule has 1 aromatic carbocycles. The molecule has 108 valence electrons. The fourth-order valence-corrected chi connectivity index (χ4v) is 1.71. The van der Waals surface area contributed by atoms with Gasteiger partial charge in [0.2, 0.25) is 0 Å². The first-order valence-electron chi connectivity index (χ1n) is 6.82. The molecule has 5 heteroatoms. The Morgan fingerprint density at radius 2 is 1.80 bits per heavy atom. The summed E-state index contributed by atoms with van der Waals surface area (Å²) in [5.41, 5.74) is 0.886. The van der Waals surface area contributed by atoms with Gasteiger partial charge in [0.05, 0.1) is 12.3 Å². The van der Waals surface area contributed by atoms with Crippen molar-refractivity contribution in [2.24, 2.45) is 0 Å². The van der Waals surface area contributed by atoms with Crippen molar-refractivity contribution < 1.29 is 14.0 Å². The lowest BCUT2D eigenvalue weighted by molar-refractivity contribution is 0.248. The summed E-state index contributed by atoms with van der Waals surface area (Å²) in [6.07, 6.45) is 0. The summed E-state index contributed by atoms with van der Waals surface area (Å²) in [4.78, 5) is 0. The van der Waals surface area contributed by atoms with E-state index in [9.17, 15) is 0 Å². The largest absolute Gasteiger partial charge is 0.494 e. The van der Waals surface area contributed by atoms with Gasteiger partial charge in [-0.25, -0.2) is 0 Å². The summed E-state index contributed by atoms with van der Waals surface area (Å²) in [5, 5.41) is 7.16. The summed E-state index contributed by atoms with van der Waals surface area (Å²) in [7, 11) is 0. The van der Waals surface area contributed by atoms with E-state index in [2.05, 4.69) is 17.4 Å². The van der Waals surface area contributed by atoms with Gasteiger partial charge >= 0.3 is 0 Å². The second-order valence-corrected chi connectivity index (χ2v) is 4.26. The molecule has 0 aliphatic rings. The summed E-state index contributed by atoms with van der Waals surface area (Å²) < 4.78 is 16.2. The topological polar surface area (TPSA) is 56.5 Å². The van der Waals surface area contributed by atoms with Crippen LogP contribution in [0.2, 0.25) is 0 Å². The van der Waals surface area contributed by atoms with Crippen LogP contribution in [0.3, 0.4) is 0 Å². The Morgan fingerprint density at radius 3 is 2.45 bits per heavy atom. The molecule has 0 fully saturated rings. The molecule has 0 amide bonds. The van der Waals surface area contributed by atoms with E-state index in [0.29, 0.717) is 25.5 Å². The van der Waals surface area contributed by atoms with E-state index in [0.717, 1.165) is 23.7 Å². The van der Waals surface area contributed by atoms with Crippen LogP contribution in [-0.2, 0) is 13.2 Å². The average molecular weight is 276 g/mol. The zero-order valence-corrected chi connectivity index (χ0v) is 11.9. The number of rotatable bonds is 8. The Labute approximate surface area is 118 Å². The molecule has 1 heterocycles. The molecular formula is C15H20N2O3. The van der Waals surface area contributed by atoms with Gasteiger partial charge in [-0.3, -0.25) is 0 Å². The molecule has 0 bridgehead atoms. The first-order valence-corrected chi connectivity index (χ1v) is 6.82. The number of aromatic nitrogens is 1. The van der Waals surface area contributed by atoms with Gasteiger partial charge in [0.1, 0.15) is 18.1 Å². The van der Waals surface area contributed by atoms with Gasteiger partial charge in [0.25, 0.3) is 0 Å². The number of nitrogens with one attached hydrogen (secondary N) is 1. The molecule has 1 aromatic heterocycles. The van der Waals surface area contributed by atoms with Crippen LogP contribution in [0.5, 0.6) is 11.5 Å². The summed E-state index contributed by atoms with van der Waals surface area (Å²) in [6, 6.07) is 9.42. The highest BCUT2D eigenvalue weighted by atomic mass is 16.5. The molecule has 0 radical (unpaired) electrons. The van der Waals surface area contributed by atoms with Gasteiger partial charge in [-0.15, -0.1) is 0 Å². The minimum atomic E-state index is 0.368. The van der Waals surface area contributed by atoms with Crippen molar-refractivity contribution in [2.75, 3.05) is 13.2 Å². The smallest absolute Gasteiger partial charge is 0.174 e. The number of ether oxygens (including phenoxy) is 2. The second kappa shape index (κ2) is 7.55. The van der Waals surface area contributed by atoms with Crippen LogP contribution in [0.4, 0.5) is 0 Å². The highest BCUT2D eigenvalue weighted by Crippen LogP contribution is 2.18. The third kappa shape index (κ3) is 4.28. The molecule has 0 unspecified atom stereocenters. The van der Waals surface area contributed by atoms with E-state index in [-0.39, 0.29) is 0 Å².